The topological polar surface area (TPSA) is 196 Å². The third kappa shape index (κ3) is 67.2. The van der Waals surface area contributed by atoms with Crippen molar-refractivity contribution in [2.45, 2.75) is 64.7 Å². The van der Waals surface area contributed by atoms with E-state index in [-0.39, 0.29) is 6.61 Å². The molecule has 0 radical (unpaired) electrons. The summed E-state index contributed by atoms with van der Waals surface area (Å²) < 4.78 is 104. The molecule has 416 valence electrons. The number of rotatable bonds is 66. The normalized spacial score (nSPS) is 11.7. The van der Waals surface area contributed by atoms with E-state index in [0.29, 0.717) is 244 Å². The van der Waals surface area contributed by atoms with E-state index in [2.05, 4.69) is 6.92 Å². The molecule has 0 aromatic carbocycles. The molecular formula is C49H100O20. The average molecular weight is 1010 g/mol. The first-order valence-corrected chi connectivity index (χ1v) is 26.0. The van der Waals surface area contributed by atoms with Gasteiger partial charge in [-0.2, -0.15) is 0 Å². The Labute approximate surface area is 416 Å². The van der Waals surface area contributed by atoms with Gasteiger partial charge >= 0.3 is 0 Å². The van der Waals surface area contributed by atoms with Crippen LogP contribution in [0.3, 0.4) is 0 Å². The van der Waals surface area contributed by atoms with Crippen LogP contribution in [0.4, 0.5) is 0 Å². The van der Waals surface area contributed by atoms with Crippen molar-refractivity contribution in [3.05, 3.63) is 0 Å². The Bertz CT molecular complexity index is 807. The summed E-state index contributed by atoms with van der Waals surface area (Å²) in [6.07, 6.45) is 11.9. The van der Waals surface area contributed by atoms with Crippen molar-refractivity contribution in [2.75, 3.05) is 258 Å². The van der Waals surface area contributed by atoms with Crippen LogP contribution in [0.1, 0.15) is 64.7 Å². The maximum Gasteiger partial charge on any atom is 0.0701 e. The van der Waals surface area contributed by atoms with Crippen LogP contribution < -0.4 is 0 Å². The number of aliphatic hydroxyl groups excluding tert-OH is 1. The van der Waals surface area contributed by atoms with Crippen LogP contribution in [0.15, 0.2) is 0 Å². The number of hydrogen-bond donors (Lipinski definition) is 1. The van der Waals surface area contributed by atoms with Crippen molar-refractivity contribution in [1.29, 1.82) is 0 Å². The minimum atomic E-state index is 0.0207. The van der Waals surface area contributed by atoms with Crippen molar-refractivity contribution in [2.24, 2.45) is 0 Å². The van der Waals surface area contributed by atoms with E-state index in [1.54, 1.807) is 0 Å². The van der Waals surface area contributed by atoms with Crippen LogP contribution in [0.2, 0.25) is 0 Å². The van der Waals surface area contributed by atoms with Gasteiger partial charge in [-0.15, -0.1) is 0 Å². The summed E-state index contributed by atoms with van der Waals surface area (Å²) in [5.74, 6) is 0. The molecule has 0 aromatic heterocycles. The number of unbranched alkanes of at least 4 members (excludes halogenated alkanes) is 8. The Hall–Kier alpha value is -0.800. The molecule has 0 unspecified atom stereocenters. The standard InChI is InChI=1S/C49H100O20/c1-2-3-4-5-6-7-8-9-10-12-51-14-16-53-18-20-55-22-24-57-26-28-59-30-32-61-34-36-63-38-40-65-42-44-67-46-48-69-49-47-68-45-43-66-41-39-64-37-35-62-33-31-60-29-27-58-25-23-56-21-19-54-17-15-52-13-11-50/h50H,2-49H2,1H3. The highest BCUT2D eigenvalue weighted by Gasteiger charge is 1.99. The van der Waals surface area contributed by atoms with E-state index in [9.17, 15) is 0 Å². The molecule has 0 aliphatic rings. The molecule has 0 aliphatic heterocycles. The highest BCUT2D eigenvalue weighted by Crippen LogP contribution is 2.09. The molecule has 0 saturated carbocycles. The Morgan fingerprint density at radius 1 is 0.159 bits per heavy atom. The fourth-order valence-electron chi connectivity index (χ4n) is 5.64. The van der Waals surface area contributed by atoms with E-state index >= 15 is 0 Å². The van der Waals surface area contributed by atoms with Gasteiger partial charge in [-0.3, -0.25) is 0 Å². The van der Waals surface area contributed by atoms with Crippen LogP contribution in [0.5, 0.6) is 0 Å². The van der Waals surface area contributed by atoms with E-state index in [4.69, 9.17) is 95.1 Å². The lowest BCUT2D eigenvalue weighted by Crippen LogP contribution is -2.16. The second-order valence-electron chi connectivity index (χ2n) is 15.2. The molecule has 0 fully saturated rings. The molecule has 0 aliphatic carbocycles. The van der Waals surface area contributed by atoms with Gasteiger partial charge in [-0.25, -0.2) is 0 Å². The summed E-state index contributed by atoms with van der Waals surface area (Å²) in [6, 6.07) is 0. The number of hydrogen-bond acceptors (Lipinski definition) is 20. The number of aliphatic hydroxyl groups is 1. The van der Waals surface area contributed by atoms with Gasteiger partial charge in [-0.05, 0) is 6.42 Å². The first-order valence-electron chi connectivity index (χ1n) is 26.0. The van der Waals surface area contributed by atoms with Crippen LogP contribution in [0, 0.1) is 0 Å². The van der Waals surface area contributed by atoms with E-state index in [1.165, 1.54) is 51.4 Å². The Kier molecular flexibility index (Phi) is 66.4. The predicted octanol–water partition coefficient (Wildman–Crippen LogP) is 3.82. The summed E-state index contributed by atoms with van der Waals surface area (Å²) >= 11 is 0. The zero-order valence-corrected chi connectivity index (χ0v) is 43.1. The first-order chi connectivity index (χ1) is 34.4. The molecule has 0 saturated heterocycles. The first kappa shape index (κ1) is 68.2. The van der Waals surface area contributed by atoms with Crippen LogP contribution in [-0.4, -0.2) is 263 Å². The number of ether oxygens (including phenoxy) is 19. The van der Waals surface area contributed by atoms with Crippen molar-refractivity contribution in [1.82, 2.24) is 0 Å². The fourth-order valence-corrected chi connectivity index (χ4v) is 5.64. The van der Waals surface area contributed by atoms with Crippen molar-refractivity contribution >= 4 is 0 Å². The summed E-state index contributed by atoms with van der Waals surface area (Å²) in [7, 11) is 0. The second-order valence-corrected chi connectivity index (χ2v) is 15.2. The van der Waals surface area contributed by atoms with E-state index < -0.39 is 0 Å². The van der Waals surface area contributed by atoms with Crippen molar-refractivity contribution in [3.63, 3.8) is 0 Å². The lowest BCUT2D eigenvalue weighted by molar-refractivity contribution is -0.0313. The van der Waals surface area contributed by atoms with Gasteiger partial charge in [0.15, 0.2) is 0 Å². The highest BCUT2D eigenvalue weighted by molar-refractivity contribution is 4.47. The molecular weight excluding hydrogens is 909 g/mol. The maximum atomic E-state index is 8.61. The molecule has 0 rings (SSSR count). The van der Waals surface area contributed by atoms with Gasteiger partial charge < -0.3 is 95.1 Å². The lowest BCUT2D eigenvalue weighted by atomic mass is 10.1. The highest BCUT2D eigenvalue weighted by atomic mass is 16.6. The van der Waals surface area contributed by atoms with Crippen LogP contribution in [0.25, 0.3) is 0 Å². The lowest BCUT2D eigenvalue weighted by Gasteiger charge is -2.09. The molecule has 0 amide bonds. The summed E-state index contributed by atoms with van der Waals surface area (Å²) in [5.41, 5.74) is 0. The van der Waals surface area contributed by atoms with Gasteiger partial charge in [0.1, 0.15) is 0 Å². The molecule has 0 bridgehead atoms. The SMILES string of the molecule is CCCCCCCCCCCOCCOCCOCCOCCOCCOCCOCCOCCOCCOCCOCCOCCOCCOCCOCCOCCOCCOCCOCCO. The smallest absolute Gasteiger partial charge is 0.0701 e. The van der Waals surface area contributed by atoms with Crippen LogP contribution >= 0.6 is 0 Å². The zero-order chi connectivity index (χ0) is 49.4. The molecule has 0 spiro atoms. The third-order valence-electron chi connectivity index (χ3n) is 9.32. The largest absolute Gasteiger partial charge is 0.394 e. The third-order valence-corrected chi connectivity index (χ3v) is 9.32. The van der Waals surface area contributed by atoms with Crippen molar-refractivity contribution in [3.8, 4) is 0 Å². The maximum absolute atomic E-state index is 8.61. The quantitative estimate of drug-likeness (QED) is 0.0863. The second kappa shape index (κ2) is 67.2. The molecule has 20 heteroatoms. The van der Waals surface area contributed by atoms with Gasteiger partial charge in [0.25, 0.3) is 0 Å². The monoisotopic (exact) mass is 1010 g/mol. The summed E-state index contributed by atoms with van der Waals surface area (Å²) in [5, 5.41) is 8.61. The van der Waals surface area contributed by atoms with Gasteiger partial charge in [-0.1, -0.05) is 58.3 Å². The molecule has 0 aromatic rings. The van der Waals surface area contributed by atoms with Crippen molar-refractivity contribution < 1.29 is 95.1 Å². The van der Waals surface area contributed by atoms with Gasteiger partial charge in [0.2, 0.25) is 0 Å². The van der Waals surface area contributed by atoms with E-state index in [0.717, 1.165) is 13.0 Å². The predicted molar refractivity (Wildman–Crippen MR) is 260 cm³/mol. The Morgan fingerprint density at radius 3 is 0.449 bits per heavy atom. The molecule has 0 heterocycles. The van der Waals surface area contributed by atoms with Gasteiger partial charge in [0.05, 0.1) is 251 Å². The molecule has 69 heavy (non-hydrogen) atoms. The van der Waals surface area contributed by atoms with Gasteiger partial charge in [0, 0.05) is 6.61 Å². The molecule has 0 atom stereocenters. The molecule has 20 nitrogen and oxygen atoms in total. The summed E-state index contributed by atoms with van der Waals surface area (Å²) in [6.45, 7) is 21.8. The van der Waals surface area contributed by atoms with Crippen LogP contribution in [-0.2, 0) is 90.0 Å². The average Bonchev–Trinajstić information content (AvgIpc) is 3.36. The zero-order valence-electron chi connectivity index (χ0n) is 43.1. The Balaban J connectivity index is 3.07. The van der Waals surface area contributed by atoms with E-state index in [1.807, 2.05) is 0 Å². The fraction of sp³-hybridized carbons (Fsp3) is 1.00. The minimum absolute atomic E-state index is 0.0207. The summed E-state index contributed by atoms with van der Waals surface area (Å²) in [4.78, 5) is 0. The Morgan fingerprint density at radius 2 is 0.290 bits per heavy atom. The molecule has 1 N–H and O–H groups in total. The minimum Gasteiger partial charge on any atom is -0.394 e.